The molecule has 208 valence electrons. The molecule has 0 saturated heterocycles. The van der Waals surface area contributed by atoms with Gasteiger partial charge in [-0.05, 0) is 73.9 Å². The van der Waals surface area contributed by atoms with Gasteiger partial charge in [-0.25, -0.2) is 8.42 Å². The topological polar surface area (TPSA) is 86.8 Å². The van der Waals surface area contributed by atoms with E-state index < -0.39 is 28.5 Å². The van der Waals surface area contributed by atoms with Crippen LogP contribution in [0.15, 0.2) is 77.7 Å². The number of rotatable bonds is 12. The number of unbranched alkanes of at least 4 members (excludes halogenated alkanes) is 1. The highest BCUT2D eigenvalue weighted by atomic mass is 35.5. The molecular formula is C29H33Cl2N3O4S. The molecule has 1 N–H and O–H groups in total. The second kappa shape index (κ2) is 13.8. The largest absolute Gasteiger partial charge is 0.354 e. The van der Waals surface area contributed by atoms with Gasteiger partial charge in [-0.15, -0.1) is 0 Å². The quantitative estimate of drug-likeness (QED) is 0.269. The van der Waals surface area contributed by atoms with Crippen molar-refractivity contribution in [3.8, 4) is 0 Å². The van der Waals surface area contributed by atoms with E-state index in [1.807, 2.05) is 6.92 Å². The number of amides is 2. The van der Waals surface area contributed by atoms with Crippen LogP contribution in [0.5, 0.6) is 0 Å². The third-order valence-electron chi connectivity index (χ3n) is 6.30. The van der Waals surface area contributed by atoms with E-state index in [2.05, 4.69) is 5.32 Å². The Morgan fingerprint density at radius 3 is 2.21 bits per heavy atom. The molecule has 0 saturated carbocycles. The monoisotopic (exact) mass is 589 g/mol. The second-order valence-electron chi connectivity index (χ2n) is 9.22. The summed E-state index contributed by atoms with van der Waals surface area (Å²) in [6, 6.07) is 18.8. The summed E-state index contributed by atoms with van der Waals surface area (Å²) in [5.74, 6) is -0.845. The van der Waals surface area contributed by atoms with Crippen molar-refractivity contribution in [3.63, 3.8) is 0 Å². The van der Waals surface area contributed by atoms with Crippen LogP contribution in [-0.2, 0) is 26.2 Å². The van der Waals surface area contributed by atoms with Gasteiger partial charge in [0.15, 0.2) is 0 Å². The Kier molecular flexibility index (Phi) is 10.8. The average Bonchev–Trinajstić information content (AvgIpc) is 2.91. The molecule has 0 aromatic heterocycles. The molecule has 0 heterocycles. The van der Waals surface area contributed by atoms with Crippen LogP contribution in [0.1, 0.15) is 37.8 Å². The molecule has 10 heteroatoms. The average molecular weight is 591 g/mol. The lowest BCUT2D eigenvalue weighted by atomic mass is 10.1. The fourth-order valence-corrected chi connectivity index (χ4v) is 5.89. The van der Waals surface area contributed by atoms with Crippen molar-refractivity contribution in [1.82, 2.24) is 10.2 Å². The number of benzene rings is 3. The van der Waals surface area contributed by atoms with E-state index in [-0.39, 0.29) is 17.3 Å². The van der Waals surface area contributed by atoms with Crippen molar-refractivity contribution in [2.24, 2.45) is 0 Å². The summed E-state index contributed by atoms with van der Waals surface area (Å²) in [6.07, 6.45) is 1.72. The van der Waals surface area contributed by atoms with E-state index in [4.69, 9.17) is 23.2 Å². The smallest absolute Gasteiger partial charge is 0.264 e. The number of hydrogen-bond donors (Lipinski definition) is 1. The molecule has 0 aliphatic carbocycles. The standard InChI is InChI=1S/C29H33Cl2N3O4S/c1-4-5-17-32-29(36)22(3)33(19-23-11-13-24(30)14-12-23)28(35)20-34(27-16-15-25(31)18-21(27)2)39(37,38)26-9-7-6-8-10-26/h6-16,18,22H,4-5,17,19-20H2,1-3H3,(H,32,36)/t22-/m1/s1. The van der Waals surface area contributed by atoms with Gasteiger partial charge >= 0.3 is 0 Å². The predicted octanol–water partition coefficient (Wildman–Crippen LogP) is 5.83. The van der Waals surface area contributed by atoms with E-state index in [1.165, 1.54) is 17.0 Å². The molecule has 39 heavy (non-hydrogen) atoms. The summed E-state index contributed by atoms with van der Waals surface area (Å²) in [5, 5.41) is 3.86. The number of aryl methyl sites for hydroxylation is 1. The number of nitrogens with zero attached hydrogens (tertiary/aromatic N) is 2. The first-order valence-corrected chi connectivity index (χ1v) is 14.9. The Hall–Kier alpha value is -3.07. The highest BCUT2D eigenvalue weighted by Crippen LogP contribution is 2.29. The first-order chi connectivity index (χ1) is 18.5. The number of hydrogen-bond acceptors (Lipinski definition) is 4. The third-order valence-corrected chi connectivity index (χ3v) is 8.56. The number of halogens is 2. The van der Waals surface area contributed by atoms with Crippen molar-refractivity contribution in [2.75, 3.05) is 17.4 Å². The first kappa shape index (κ1) is 30.5. The zero-order valence-electron chi connectivity index (χ0n) is 22.2. The summed E-state index contributed by atoms with van der Waals surface area (Å²) in [7, 11) is -4.14. The van der Waals surface area contributed by atoms with Gasteiger partial charge in [0.2, 0.25) is 11.8 Å². The van der Waals surface area contributed by atoms with Crippen LogP contribution in [-0.4, -0.2) is 44.3 Å². The Morgan fingerprint density at radius 2 is 1.59 bits per heavy atom. The minimum Gasteiger partial charge on any atom is -0.354 e. The molecule has 1 atom stereocenters. The number of anilines is 1. The van der Waals surface area contributed by atoms with Crippen LogP contribution in [0.2, 0.25) is 10.0 Å². The van der Waals surface area contributed by atoms with Gasteiger partial charge in [0.25, 0.3) is 10.0 Å². The van der Waals surface area contributed by atoms with E-state index in [0.29, 0.717) is 27.8 Å². The maximum atomic E-state index is 13.9. The van der Waals surface area contributed by atoms with Crippen molar-refractivity contribution in [2.45, 2.75) is 51.1 Å². The molecule has 0 bridgehead atoms. The molecule has 7 nitrogen and oxygen atoms in total. The maximum Gasteiger partial charge on any atom is 0.264 e. The molecule has 2 amide bonds. The molecule has 3 aromatic carbocycles. The van der Waals surface area contributed by atoms with Gasteiger partial charge in [-0.1, -0.05) is 66.9 Å². The van der Waals surface area contributed by atoms with E-state index in [1.54, 1.807) is 74.5 Å². The molecule has 0 aliphatic heterocycles. The van der Waals surface area contributed by atoms with Gasteiger partial charge in [-0.2, -0.15) is 0 Å². The summed E-state index contributed by atoms with van der Waals surface area (Å²) in [4.78, 5) is 28.4. The number of carbonyl (C=O) groups is 2. The second-order valence-corrected chi connectivity index (χ2v) is 12.0. The van der Waals surface area contributed by atoms with E-state index in [9.17, 15) is 18.0 Å². The van der Waals surface area contributed by atoms with Gasteiger partial charge < -0.3 is 10.2 Å². The van der Waals surface area contributed by atoms with Gasteiger partial charge in [-0.3, -0.25) is 13.9 Å². The Labute approximate surface area is 240 Å². The molecule has 3 aromatic rings. The first-order valence-electron chi connectivity index (χ1n) is 12.7. The lowest BCUT2D eigenvalue weighted by Crippen LogP contribution is -2.51. The Morgan fingerprint density at radius 1 is 0.949 bits per heavy atom. The van der Waals surface area contributed by atoms with Crippen molar-refractivity contribution >= 4 is 50.7 Å². The summed E-state index contributed by atoms with van der Waals surface area (Å²) >= 11 is 12.2. The third kappa shape index (κ3) is 7.97. The highest BCUT2D eigenvalue weighted by Gasteiger charge is 2.33. The number of sulfonamides is 1. The molecule has 0 fully saturated rings. The Bertz CT molecular complexity index is 1380. The van der Waals surface area contributed by atoms with Gasteiger partial charge in [0.1, 0.15) is 12.6 Å². The SMILES string of the molecule is CCCCNC(=O)[C@@H](C)N(Cc1ccc(Cl)cc1)C(=O)CN(c1ccc(Cl)cc1C)S(=O)(=O)c1ccccc1. The normalized spacial score (nSPS) is 12.0. The highest BCUT2D eigenvalue weighted by molar-refractivity contribution is 7.92. The van der Waals surface area contributed by atoms with Gasteiger partial charge in [0.05, 0.1) is 10.6 Å². The fourth-order valence-electron chi connectivity index (χ4n) is 4.04. The summed E-state index contributed by atoms with van der Waals surface area (Å²) in [5.41, 5.74) is 1.66. The fraction of sp³-hybridized carbons (Fsp3) is 0.310. The number of nitrogens with one attached hydrogen (secondary N) is 1. The Balaban J connectivity index is 2.01. The molecular weight excluding hydrogens is 557 g/mol. The zero-order valence-corrected chi connectivity index (χ0v) is 24.6. The lowest BCUT2D eigenvalue weighted by Gasteiger charge is -2.32. The minimum absolute atomic E-state index is 0.0433. The van der Waals surface area contributed by atoms with Gasteiger partial charge in [0, 0.05) is 23.1 Å². The maximum absolute atomic E-state index is 13.9. The van der Waals surface area contributed by atoms with Crippen LogP contribution in [0, 0.1) is 6.92 Å². The van der Waals surface area contributed by atoms with Crippen molar-refractivity contribution in [1.29, 1.82) is 0 Å². The van der Waals surface area contributed by atoms with Crippen LogP contribution in [0.25, 0.3) is 0 Å². The molecule has 3 rings (SSSR count). The molecule has 0 aliphatic rings. The van der Waals surface area contributed by atoms with Crippen LogP contribution >= 0.6 is 23.2 Å². The number of carbonyl (C=O) groups excluding carboxylic acids is 2. The molecule has 0 radical (unpaired) electrons. The minimum atomic E-state index is -4.14. The van der Waals surface area contributed by atoms with E-state index >= 15 is 0 Å². The predicted molar refractivity (Wildman–Crippen MR) is 157 cm³/mol. The molecule has 0 unspecified atom stereocenters. The zero-order chi connectivity index (χ0) is 28.6. The lowest BCUT2D eigenvalue weighted by molar-refractivity contribution is -0.139. The van der Waals surface area contributed by atoms with Crippen LogP contribution in [0.4, 0.5) is 5.69 Å². The van der Waals surface area contributed by atoms with E-state index in [0.717, 1.165) is 22.7 Å². The summed E-state index contributed by atoms with van der Waals surface area (Å²) < 4.78 is 28.7. The van der Waals surface area contributed by atoms with Crippen LogP contribution < -0.4 is 9.62 Å². The van der Waals surface area contributed by atoms with Crippen LogP contribution in [0.3, 0.4) is 0 Å². The molecule has 0 spiro atoms. The van der Waals surface area contributed by atoms with Crippen molar-refractivity contribution in [3.05, 3.63) is 94.0 Å². The summed E-state index contributed by atoms with van der Waals surface area (Å²) in [6.45, 7) is 5.46. The van der Waals surface area contributed by atoms with Crippen molar-refractivity contribution < 1.29 is 18.0 Å².